The molecule has 82 heavy (non-hydrogen) atoms. The molecule has 1 atom stereocenters. The Morgan fingerprint density at radius 1 is 0.841 bits per heavy atom. The first-order valence-corrected chi connectivity index (χ1v) is 29.0. The van der Waals surface area contributed by atoms with Crippen molar-refractivity contribution >= 4 is 62.2 Å². The van der Waals surface area contributed by atoms with Gasteiger partial charge in [-0.1, -0.05) is 19.1 Å². The minimum Gasteiger partial charge on any atom is -0.508 e. The van der Waals surface area contributed by atoms with Crippen LogP contribution in [0.3, 0.4) is 0 Å². The van der Waals surface area contributed by atoms with Crippen molar-refractivity contribution in [2.75, 3.05) is 83.5 Å². The average molecular weight is 1120 g/mol. The Morgan fingerprint density at radius 3 is 2.38 bits per heavy atom. The SMILES string of the molecule is CCc1c(F)ccc2cc(O)cc(-c3ncc4c(N5CCCn6nc(C(=O)N7CCN(C(=O)CN8CCC(c9ccc%10c(c9)n(C)c(=O)n%10C9CCC(=O)NC9=O)CC8)CC7)cc6C5)nc(OCC5(CN6CCCC6)CC5)nc4c3F)c12. The number of imidazole rings is 1. The molecule has 9 heterocycles. The minimum absolute atomic E-state index is 0.0143. The molecule has 0 radical (unpaired) electrons. The second kappa shape index (κ2) is 21.5. The number of phenolic OH excluding ortho intramolecular Hbond substituents is 1. The van der Waals surface area contributed by atoms with Gasteiger partial charge in [-0.2, -0.15) is 15.1 Å². The van der Waals surface area contributed by atoms with Crippen molar-refractivity contribution in [3.8, 4) is 23.0 Å². The van der Waals surface area contributed by atoms with E-state index in [1.54, 1.807) is 22.6 Å². The van der Waals surface area contributed by atoms with Crippen molar-refractivity contribution < 1.29 is 37.8 Å². The number of nitrogens with one attached hydrogen (secondary N) is 1. The Bertz CT molecular complexity index is 3780. The van der Waals surface area contributed by atoms with E-state index in [2.05, 4.69) is 20.1 Å². The number of imide groups is 1. The van der Waals surface area contributed by atoms with Crippen LogP contribution in [0.25, 0.3) is 44.0 Å². The average Bonchev–Trinajstić information content (AvgIpc) is 3.94. The fraction of sp³-hybridized carbons (Fsp3) is 0.483. The molecule has 0 spiro atoms. The number of anilines is 1. The van der Waals surface area contributed by atoms with Gasteiger partial charge in [0, 0.05) is 76.5 Å². The molecule has 428 valence electrons. The number of phenols is 1. The van der Waals surface area contributed by atoms with Gasteiger partial charge < -0.3 is 29.4 Å². The van der Waals surface area contributed by atoms with E-state index in [0.717, 1.165) is 75.2 Å². The number of carbonyl (C=O) groups is 4. The summed E-state index contributed by atoms with van der Waals surface area (Å²) in [5.41, 5.74) is 3.77. The predicted octanol–water partition coefficient (Wildman–Crippen LogP) is 6.05. The van der Waals surface area contributed by atoms with Crippen LogP contribution < -0.4 is 20.6 Å². The fourth-order valence-corrected chi connectivity index (χ4v) is 13.4. The molecule has 1 saturated carbocycles. The van der Waals surface area contributed by atoms with Crippen LogP contribution in [-0.4, -0.2) is 161 Å². The molecule has 6 aliphatic rings. The lowest BCUT2D eigenvalue weighted by atomic mass is 9.89. The number of fused-ring (bicyclic) bond motifs is 4. The van der Waals surface area contributed by atoms with Crippen LogP contribution in [0.15, 0.2) is 59.5 Å². The largest absolute Gasteiger partial charge is 0.508 e. The van der Waals surface area contributed by atoms with Crippen LogP contribution in [0.4, 0.5) is 14.6 Å². The number of halogens is 2. The van der Waals surface area contributed by atoms with Gasteiger partial charge in [-0.05, 0) is 148 Å². The summed E-state index contributed by atoms with van der Waals surface area (Å²) < 4.78 is 44.2. The molecule has 13 rings (SSSR count). The molecule has 2 N–H and O–H groups in total. The summed E-state index contributed by atoms with van der Waals surface area (Å²) in [5.74, 6) is -1.63. The van der Waals surface area contributed by atoms with Crippen LogP contribution >= 0.6 is 0 Å². The molecule has 0 bridgehead atoms. The summed E-state index contributed by atoms with van der Waals surface area (Å²) in [5, 5.41) is 19.4. The van der Waals surface area contributed by atoms with Gasteiger partial charge in [0.2, 0.25) is 17.7 Å². The van der Waals surface area contributed by atoms with Crippen LogP contribution in [-0.2, 0) is 40.9 Å². The normalized spacial score (nSPS) is 20.0. The lowest BCUT2D eigenvalue weighted by molar-refractivity contribution is -0.136. The van der Waals surface area contributed by atoms with Gasteiger partial charge in [0.05, 0.1) is 41.8 Å². The number of aromatic nitrogens is 7. The van der Waals surface area contributed by atoms with E-state index in [9.17, 15) is 29.1 Å². The van der Waals surface area contributed by atoms with Crippen molar-refractivity contribution in [1.82, 2.24) is 58.8 Å². The summed E-state index contributed by atoms with van der Waals surface area (Å²) in [7, 11) is 1.70. The standard InChI is InChI=1S/C60H67F2N13O7/c1-3-41-44(61)9-7-38-27-40(76)30-42(51(38)41)53-52(62)54-43(31-63-53)55(66-58(65-54)82-35-60(15-16-60)34-70-17-4-5-18-70)73-19-6-20-74-39(32-73)29-45(67-74)57(80)72-25-23-71(24-26-72)50(78)33-69-21-13-36(14-22-69)37-8-10-46-48(28-37)68(2)59(81)75(46)47-11-12-49(77)64-56(47)79/h7-10,27-31,36,47,76H,3-6,11-26,32-35H2,1-2H3,(H,64,77,79). The van der Waals surface area contributed by atoms with E-state index >= 15 is 8.78 Å². The number of hydrogen-bond donors (Lipinski definition) is 2. The number of carbonyl (C=O) groups excluding carboxylic acids is 4. The Hall–Kier alpha value is -7.85. The van der Waals surface area contributed by atoms with Crippen LogP contribution in [0.1, 0.15) is 104 Å². The van der Waals surface area contributed by atoms with E-state index in [1.807, 2.05) is 45.7 Å². The number of aromatic hydroxyl groups is 1. The number of piperidine rings is 2. The van der Waals surface area contributed by atoms with Gasteiger partial charge in [0.25, 0.3) is 5.91 Å². The lowest BCUT2D eigenvalue weighted by Crippen LogP contribution is -2.53. The lowest BCUT2D eigenvalue weighted by Gasteiger charge is -2.37. The zero-order chi connectivity index (χ0) is 56.6. The predicted molar refractivity (Wildman–Crippen MR) is 301 cm³/mol. The second-order valence-electron chi connectivity index (χ2n) is 23.4. The van der Waals surface area contributed by atoms with Crippen molar-refractivity contribution in [3.05, 3.63) is 99.4 Å². The van der Waals surface area contributed by atoms with E-state index in [4.69, 9.17) is 19.8 Å². The maximum absolute atomic E-state index is 17.5. The summed E-state index contributed by atoms with van der Waals surface area (Å²) in [6.45, 7) is 9.85. The maximum atomic E-state index is 17.5. The number of rotatable bonds is 13. The summed E-state index contributed by atoms with van der Waals surface area (Å²) in [6.07, 6.45) is 9.02. The van der Waals surface area contributed by atoms with Gasteiger partial charge in [0.15, 0.2) is 11.5 Å². The van der Waals surface area contributed by atoms with E-state index in [0.29, 0.717) is 104 Å². The molecule has 1 unspecified atom stereocenters. The molecule has 5 fully saturated rings. The maximum Gasteiger partial charge on any atom is 0.329 e. The van der Waals surface area contributed by atoms with Gasteiger partial charge in [0.1, 0.15) is 34.6 Å². The molecule has 3 aromatic carbocycles. The highest BCUT2D eigenvalue weighted by Crippen LogP contribution is 2.47. The summed E-state index contributed by atoms with van der Waals surface area (Å²) in [4.78, 5) is 90.4. The van der Waals surface area contributed by atoms with Crippen LogP contribution in [0.5, 0.6) is 11.8 Å². The Morgan fingerprint density at radius 2 is 1.62 bits per heavy atom. The zero-order valence-corrected chi connectivity index (χ0v) is 46.3. The van der Waals surface area contributed by atoms with Gasteiger partial charge in [-0.15, -0.1) is 0 Å². The summed E-state index contributed by atoms with van der Waals surface area (Å²) in [6, 6.07) is 12.9. The Labute approximate surface area is 471 Å². The van der Waals surface area contributed by atoms with Crippen molar-refractivity contribution in [2.45, 2.75) is 96.2 Å². The van der Waals surface area contributed by atoms with Crippen LogP contribution in [0, 0.1) is 17.0 Å². The topological polar surface area (TPSA) is 209 Å². The minimum atomic E-state index is -0.748. The fourth-order valence-electron chi connectivity index (χ4n) is 13.4. The van der Waals surface area contributed by atoms with E-state index in [1.165, 1.54) is 41.8 Å². The molecule has 4 amide bonds. The number of benzene rings is 3. The third-order valence-corrected chi connectivity index (χ3v) is 18.1. The molecular formula is C60H67F2N13O7. The third-order valence-electron chi connectivity index (χ3n) is 18.1. The molecule has 20 nitrogen and oxygen atoms in total. The Balaban J connectivity index is 0.677. The number of pyridine rings is 1. The first-order chi connectivity index (χ1) is 39.7. The molecule has 22 heteroatoms. The summed E-state index contributed by atoms with van der Waals surface area (Å²) >= 11 is 0. The third kappa shape index (κ3) is 10.00. The smallest absolute Gasteiger partial charge is 0.329 e. The van der Waals surface area contributed by atoms with Gasteiger partial charge >= 0.3 is 11.7 Å². The first-order valence-electron chi connectivity index (χ1n) is 29.0. The number of likely N-dealkylation sites (tertiary alicyclic amines) is 2. The second-order valence-corrected chi connectivity index (χ2v) is 23.4. The van der Waals surface area contributed by atoms with Crippen molar-refractivity contribution in [2.24, 2.45) is 12.5 Å². The number of ether oxygens (including phenoxy) is 1. The molecule has 4 saturated heterocycles. The highest BCUT2D eigenvalue weighted by Gasteiger charge is 2.45. The highest BCUT2D eigenvalue weighted by atomic mass is 19.1. The number of piperazine rings is 1. The highest BCUT2D eigenvalue weighted by molar-refractivity contribution is 6.02. The Kier molecular flexibility index (Phi) is 14.0. The number of aryl methyl sites for hydroxylation is 3. The van der Waals surface area contributed by atoms with Crippen molar-refractivity contribution in [3.63, 3.8) is 0 Å². The van der Waals surface area contributed by atoms with Gasteiger partial charge in [-0.25, -0.2) is 13.6 Å². The molecule has 4 aromatic heterocycles. The number of hydrogen-bond acceptors (Lipinski definition) is 14. The molecule has 1 aliphatic carbocycles. The van der Waals surface area contributed by atoms with E-state index < -0.39 is 23.6 Å². The van der Waals surface area contributed by atoms with Crippen molar-refractivity contribution in [1.29, 1.82) is 0 Å². The quantitative estimate of drug-likeness (QED) is 0.126. The zero-order valence-electron chi connectivity index (χ0n) is 46.3. The monoisotopic (exact) mass is 1120 g/mol. The van der Waals surface area contributed by atoms with E-state index in [-0.39, 0.29) is 82.7 Å². The number of amides is 4. The first kappa shape index (κ1) is 53.5. The van der Waals surface area contributed by atoms with Gasteiger partial charge in [-0.3, -0.25) is 48.2 Å². The molecule has 7 aromatic rings. The molecular weight excluding hydrogens is 1050 g/mol. The molecule has 5 aliphatic heterocycles. The number of nitrogens with zero attached hydrogens (tertiary/aromatic N) is 12. The van der Waals surface area contributed by atoms with Crippen LogP contribution in [0.2, 0.25) is 0 Å².